The van der Waals surface area contributed by atoms with Crippen LogP contribution in [0.2, 0.25) is 0 Å². The van der Waals surface area contributed by atoms with E-state index < -0.39 is 5.97 Å². The molecule has 1 aromatic rings. The largest absolute Gasteiger partial charge is 0.478 e. The van der Waals surface area contributed by atoms with Crippen LogP contribution >= 0.6 is 0 Å². The van der Waals surface area contributed by atoms with Gasteiger partial charge in [0.05, 0.1) is 11.7 Å². The molecule has 18 heavy (non-hydrogen) atoms. The Morgan fingerprint density at radius 2 is 2.28 bits per heavy atom. The van der Waals surface area contributed by atoms with Gasteiger partial charge in [0.15, 0.2) is 5.76 Å². The molecule has 0 saturated carbocycles. The molecular weight excluding hydrogens is 238 g/mol. The van der Waals surface area contributed by atoms with Crippen molar-refractivity contribution >= 4 is 11.9 Å². The van der Waals surface area contributed by atoms with E-state index in [1.165, 1.54) is 6.07 Å². The fourth-order valence-corrected chi connectivity index (χ4v) is 1.90. The standard InChI is InChI=1S/C12H15NO5/c1-8-6-13(3-2-4-17-8)11(14)10-5-9(7-18-10)12(15)16/h5,7-8H,2-4,6H2,1H3,(H,15,16). The maximum Gasteiger partial charge on any atom is 0.338 e. The lowest BCUT2D eigenvalue weighted by Gasteiger charge is -2.20. The average Bonchev–Trinajstić information content (AvgIpc) is 2.72. The number of nitrogens with zero attached hydrogens (tertiary/aromatic N) is 1. The van der Waals surface area contributed by atoms with Crippen LogP contribution in [0.1, 0.15) is 34.3 Å². The van der Waals surface area contributed by atoms with E-state index in [9.17, 15) is 9.59 Å². The second kappa shape index (κ2) is 5.22. The second-order valence-electron chi connectivity index (χ2n) is 4.29. The predicted octanol–water partition coefficient (Wildman–Crippen LogP) is 1.23. The summed E-state index contributed by atoms with van der Waals surface area (Å²) in [6, 6.07) is 1.25. The summed E-state index contributed by atoms with van der Waals surface area (Å²) in [6.07, 6.45) is 1.82. The third kappa shape index (κ3) is 2.70. The van der Waals surface area contributed by atoms with E-state index in [0.717, 1.165) is 12.7 Å². The van der Waals surface area contributed by atoms with E-state index in [1.807, 2.05) is 6.92 Å². The van der Waals surface area contributed by atoms with Crippen molar-refractivity contribution in [1.82, 2.24) is 4.90 Å². The summed E-state index contributed by atoms with van der Waals surface area (Å²) < 4.78 is 10.4. The Morgan fingerprint density at radius 1 is 1.50 bits per heavy atom. The molecule has 0 spiro atoms. The Morgan fingerprint density at radius 3 is 2.94 bits per heavy atom. The molecule has 0 radical (unpaired) electrons. The van der Waals surface area contributed by atoms with Gasteiger partial charge in [-0.1, -0.05) is 0 Å². The molecular formula is C12H15NO5. The van der Waals surface area contributed by atoms with Gasteiger partial charge in [0.25, 0.3) is 5.91 Å². The van der Waals surface area contributed by atoms with E-state index in [4.69, 9.17) is 14.3 Å². The van der Waals surface area contributed by atoms with Crippen molar-refractivity contribution in [2.45, 2.75) is 19.4 Å². The molecule has 1 fully saturated rings. The molecule has 0 bridgehead atoms. The lowest BCUT2D eigenvalue weighted by Crippen LogP contribution is -2.35. The van der Waals surface area contributed by atoms with Gasteiger partial charge in [-0.3, -0.25) is 4.79 Å². The summed E-state index contributed by atoms with van der Waals surface area (Å²) in [5, 5.41) is 8.77. The third-order valence-corrected chi connectivity index (χ3v) is 2.80. The third-order valence-electron chi connectivity index (χ3n) is 2.80. The van der Waals surface area contributed by atoms with Crippen LogP contribution in [0.3, 0.4) is 0 Å². The number of ether oxygens (including phenoxy) is 1. The number of amides is 1. The summed E-state index contributed by atoms with van der Waals surface area (Å²) in [5.74, 6) is -1.34. The van der Waals surface area contributed by atoms with Crippen LogP contribution in [0.4, 0.5) is 0 Å². The summed E-state index contributed by atoms with van der Waals surface area (Å²) >= 11 is 0. The topological polar surface area (TPSA) is 80.0 Å². The number of furan rings is 1. The van der Waals surface area contributed by atoms with Gasteiger partial charge in [0.1, 0.15) is 6.26 Å². The summed E-state index contributed by atoms with van der Waals surface area (Å²) in [4.78, 5) is 24.5. The van der Waals surface area contributed by atoms with E-state index in [1.54, 1.807) is 4.90 Å². The maximum absolute atomic E-state index is 12.1. The van der Waals surface area contributed by atoms with Crippen molar-refractivity contribution in [2.24, 2.45) is 0 Å². The van der Waals surface area contributed by atoms with Gasteiger partial charge >= 0.3 is 5.97 Å². The zero-order valence-electron chi connectivity index (χ0n) is 10.1. The van der Waals surface area contributed by atoms with Crippen LogP contribution in [0, 0.1) is 0 Å². The molecule has 6 heteroatoms. The number of hydrogen-bond acceptors (Lipinski definition) is 4. The van der Waals surface area contributed by atoms with E-state index in [2.05, 4.69) is 0 Å². The fraction of sp³-hybridized carbons (Fsp3) is 0.500. The van der Waals surface area contributed by atoms with E-state index in [0.29, 0.717) is 19.7 Å². The highest BCUT2D eigenvalue weighted by molar-refractivity contribution is 5.95. The number of carboxylic acid groups (broad SMARTS) is 1. The highest BCUT2D eigenvalue weighted by Gasteiger charge is 2.24. The molecule has 98 valence electrons. The highest BCUT2D eigenvalue weighted by Crippen LogP contribution is 2.14. The number of hydrogen-bond donors (Lipinski definition) is 1. The quantitative estimate of drug-likeness (QED) is 0.857. The highest BCUT2D eigenvalue weighted by atomic mass is 16.5. The Hall–Kier alpha value is -1.82. The molecule has 6 nitrogen and oxygen atoms in total. The number of carbonyl (C=O) groups is 2. The zero-order chi connectivity index (χ0) is 13.1. The van der Waals surface area contributed by atoms with Gasteiger partial charge in [0.2, 0.25) is 0 Å². The minimum atomic E-state index is -1.11. The van der Waals surface area contributed by atoms with E-state index >= 15 is 0 Å². The van der Waals surface area contributed by atoms with Gasteiger partial charge in [-0.05, 0) is 13.3 Å². The van der Waals surface area contributed by atoms with Crippen molar-refractivity contribution < 1.29 is 23.8 Å². The molecule has 1 unspecified atom stereocenters. The van der Waals surface area contributed by atoms with Crippen LogP contribution in [-0.4, -0.2) is 47.7 Å². The minimum absolute atomic E-state index is 0.0162. The normalized spacial score (nSPS) is 20.5. The first kappa shape index (κ1) is 12.6. The van der Waals surface area contributed by atoms with Gasteiger partial charge in [-0.2, -0.15) is 0 Å². The fourth-order valence-electron chi connectivity index (χ4n) is 1.90. The molecule has 1 aliphatic rings. The lowest BCUT2D eigenvalue weighted by molar-refractivity contribution is 0.0544. The molecule has 1 atom stereocenters. The Bertz CT molecular complexity index is 453. The van der Waals surface area contributed by atoms with Crippen LogP contribution in [0.25, 0.3) is 0 Å². The van der Waals surface area contributed by atoms with Crippen LogP contribution in [-0.2, 0) is 4.74 Å². The van der Waals surface area contributed by atoms with E-state index in [-0.39, 0.29) is 23.3 Å². The number of rotatable bonds is 2. The van der Waals surface area contributed by atoms with Gasteiger partial charge in [-0.15, -0.1) is 0 Å². The van der Waals surface area contributed by atoms with Crippen LogP contribution in [0.15, 0.2) is 16.7 Å². The van der Waals surface area contributed by atoms with Crippen molar-refractivity contribution in [3.8, 4) is 0 Å². The first-order chi connectivity index (χ1) is 8.58. The molecule has 0 aliphatic carbocycles. The SMILES string of the molecule is CC1CN(C(=O)c2cc(C(=O)O)co2)CCCO1. The predicted molar refractivity (Wildman–Crippen MR) is 61.6 cm³/mol. The molecule has 1 amide bonds. The monoisotopic (exact) mass is 253 g/mol. The van der Waals surface area contributed by atoms with Gasteiger partial charge in [0, 0.05) is 25.8 Å². The number of aromatic carboxylic acids is 1. The lowest BCUT2D eigenvalue weighted by atomic mass is 10.2. The molecule has 1 aliphatic heterocycles. The van der Waals surface area contributed by atoms with Crippen molar-refractivity contribution in [3.05, 3.63) is 23.7 Å². The van der Waals surface area contributed by atoms with Gasteiger partial charge in [-0.25, -0.2) is 4.79 Å². The summed E-state index contributed by atoms with van der Waals surface area (Å²) in [6.45, 7) is 3.61. The molecule has 0 aromatic carbocycles. The summed E-state index contributed by atoms with van der Waals surface area (Å²) in [7, 11) is 0. The first-order valence-corrected chi connectivity index (χ1v) is 5.80. The average molecular weight is 253 g/mol. The molecule has 1 N–H and O–H groups in total. The maximum atomic E-state index is 12.1. The molecule has 1 aromatic heterocycles. The Balaban J connectivity index is 2.11. The summed E-state index contributed by atoms with van der Waals surface area (Å²) in [5.41, 5.74) is -0.0162. The smallest absolute Gasteiger partial charge is 0.338 e. The molecule has 1 saturated heterocycles. The van der Waals surface area contributed by atoms with Crippen molar-refractivity contribution in [1.29, 1.82) is 0 Å². The van der Waals surface area contributed by atoms with Gasteiger partial charge < -0.3 is 19.2 Å². The van der Waals surface area contributed by atoms with Crippen LogP contribution < -0.4 is 0 Å². The molecule has 2 heterocycles. The second-order valence-corrected chi connectivity index (χ2v) is 4.29. The molecule has 2 rings (SSSR count). The Kier molecular flexibility index (Phi) is 3.66. The zero-order valence-corrected chi connectivity index (χ0v) is 10.1. The number of carbonyl (C=O) groups excluding carboxylic acids is 1. The van der Waals surface area contributed by atoms with Crippen molar-refractivity contribution in [3.63, 3.8) is 0 Å². The van der Waals surface area contributed by atoms with Crippen molar-refractivity contribution in [2.75, 3.05) is 19.7 Å². The Labute approximate surface area is 104 Å². The number of carboxylic acids is 1. The van der Waals surface area contributed by atoms with Crippen LogP contribution in [0.5, 0.6) is 0 Å². The minimum Gasteiger partial charge on any atom is -0.478 e. The first-order valence-electron chi connectivity index (χ1n) is 5.80.